The lowest BCUT2D eigenvalue weighted by molar-refractivity contribution is -0.149. The summed E-state index contributed by atoms with van der Waals surface area (Å²) >= 11 is 0. The van der Waals surface area contributed by atoms with E-state index in [9.17, 15) is 23.2 Å². The first-order valence-corrected chi connectivity index (χ1v) is 13.7. The van der Waals surface area contributed by atoms with Gasteiger partial charge in [0.15, 0.2) is 11.4 Å². The van der Waals surface area contributed by atoms with Crippen molar-refractivity contribution in [3.63, 3.8) is 0 Å². The first-order valence-electron chi connectivity index (χ1n) is 13.7. The van der Waals surface area contributed by atoms with Crippen LogP contribution in [0.3, 0.4) is 0 Å². The van der Waals surface area contributed by atoms with Gasteiger partial charge in [-0.25, -0.2) is 13.8 Å². The molecule has 10 nitrogen and oxygen atoms in total. The van der Waals surface area contributed by atoms with Crippen molar-refractivity contribution in [2.24, 2.45) is 0 Å². The van der Waals surface area contributed by atoms with Crippen LogP contribution in [-0.2, 0) is 37.0 Å². The largest absolute Gasteiger partial charge is 0.493 e. The van der Waals surface area contributed by atoms with Gasteiger partial charge in [0.25, 0.3) is 5.91 Å². The zero-order chi connectivity index (χ0) is 32.4. The van der Waals surface area contributed by atoms with Gasteiger partial charge in [-0.1, -0.05) is 12.1 Å². The predicted molar refractivity (Wildman–Crippen MR) is 155 cm³/mol. The lowest BCUT2D eigenvalue weighted by atomic mass is 9.82. The zero-order valence-corrected chi connectivity index (χ0v) is 25.4. The maximum absolute atomic E-state index is 14.2. The smallest absolute Gasteiger partial charge is 0.308 e. The number of hydrogen-bond acceptors (Lipinski definition) is 9. The average molecular weight is 615 g/mol. The molecule has 0 unspecified atom stereocenters. The molecule has 0 aliphatic carbocycles. The molecule has 1 heterocycles. The second-order valence-electron chi connectivity index (χ2n) is 10.1. The molecule has 2 aromatic carbocycles. The molecule has 0 aliphatic heterocycles. The van der Waals surface area contributed by atoms with Gasteiger partial charge < -0.3 is 29.0 Å². The second kappa shape index (κ2) is 15.9. The molecule has 2 atom stereocenters. The van der Waals surface area contributed by atoms with Crippen LogP contribution in [-0.4, -0.2) is 56.3 Å². The van der Waals surface area contributed by atoms with E-state index in [0.29, 0.717) is 22.3 Å². The molecule has 1 amide bonds. The van der Waals surface area contributed by atoms with Crippen molar-refractivity contribution in [1.82, 2.24) is 10.3 Å². The molecule has 0 radical (unpaired) electrons. The first kappa shape index (κ1) is 34.1. The van der Waals surface area contributed by atoms with Crippen molar-refractivity contribution in [2.75, 3.05) is 21.3 Å². The van der Waals surface area contributed by atoms with Crippen LogP contribution in [0.15, 0.2) is 48.7 Å². The van der Waals surface area contributed by atoms with E-state index in [2.05, 4.69) is 10.3 Å². The van der Waals surface area contributed by atoms with E-state index in [4.69, 9.17) is 23.7 Å². The van der Waals surface area contributed by atoms with Gasteiger partial charge >= 0.3 is 11.9 Å². The summed E-state index contributed by atoms with van der Waals surface area (Å²) < 4.78 is 55.2. The second-order valence-corrected chi connectivity index (χ2v) is 10.1. The van der Waals surface area contributed by atoms with Crippen molar-refractivity contribution >= 4 is 17.8 Å². The van der Waals surface area contributed by atoms with Crippen LogP contribution < -0.4 is 14.8 Å². The summed E-state index contributed by atoms with van der Waals surface area (Å²) in [6.45, 7) is 4.62. The predicted octanol–water partition coefficient (Wildman–Crippen LogP) is 4.86. The molecule has 0 spiro atoms. The number of methoxy groups -OCH3 is 3. The van der Waals surface area contributed by atoms with E-state index in [1.807, 2.05) is 0 Å². The number of carbonyl (C=O) groups excluding carboxylic acids is 3. The monoisotopic (exact) mass is 614 g/mol. The van der Waals surface area contributed by atoms with Gasteiger partial charge in [-0.05, 0) is 60.4 Å². The number of benzene rings is 2. The van der Waals surface area contributed by atoms with Crippen molar-refractivity contribution in [1.29, 1.82) is 0 Å². The number of ether oxygens (including phenoxy) is 5. The summed E-state index contributed by atoms with van der Waals surface area (Å²) in [6, 6.07) is 9.16. The lowest BCUT2D eigenvalue weighted by Crippen LogP contribution is -2.36. The highest BCUT2D eigenvalue weighted by Gasteiger charge is 2.30. The fourth-order valence-electron chi connectivity index (χ4n) is 4.90. The molecule has 0 bridgehead atoms. The number of halogens is 2. The average Bonchev–Trinajstić information content (AvgIpc) is 2.95. The van der Waals surface area contributed by atoms with Crippen LogP contribution in [0.25, 0.3) is 0 Å². The third-order valence-corrected chi connectivity index (χ3v) is 6.67. The maximum atomic E-state index is 14.2. The number of nitrogens with zero attached hydrogens (tertiary/aromatic N) is 1. The standard InChI is InChI=1S/C32H36F2N2O8/c1-18(36-32(39)30-31(44-20(3)37)27(42-6)11-12-35-30)13-28(38)43-19(2)29(25-9-7-23(33)14-21(25)16-40-4)26-10-8-24(34)15-22(26)17-41-5/h7-12,14-15,18-19,29H,13,16-17H2,1-6H3,(H,36,39)/t18-,19-/m0/s1. The Morgan fingerprint density at radius 3 is 1.95 bits per heavy atom. The van der Waals surface area contributed by atoms with Crippen LogP contribution in [0, 0.1) is 11.6 Å². The lowest BCUT2D eigenvalue weighted by Gasteiger charge is -2.29. The van der Waals surface area contributed by atoms with E-state index < -0.39 is 47.5 Å². The van der Waals surface area contributed by atoms with Crippen LogP contribution in [0.1, 0.15) is 65.9 Å². The van der Waals surface area contributed by atoms with E-state index >= 15 is 0 Å². The molecule has 44 heavy (non-hydrogen) atoms. The van der Waals surface area contributed by atoms with Gasteiger partial charge in [-0.15, -0.1) is 0 Å². The summed E-state index contributed by atoms with van der Waals surface area (Å²) in [5.41, 5.74) is 2.12. The Morgan fingerprint density at radius 2 is 1.45 bits per heavy atom. The van der Waals surface area contributed by atoms with Gasteiger partial charge in [-0.3, -0.25) is 14.4 Å². The van der Waals surface area contributed by atoms with Gasteiger partial charge in [0.1, 0.15) is 17.7 Å². The molecule has 1 N–H and O–H groups in total. The number of rotatable bonds is 14. The Labute approximate surface area is 254 Å². The zero-order valence-electron chi connectivity index (χ0n) is 25.4. The minimum absolute atomic E-state index is 0.0851. The van der Waals surface area contributed by atoms with Gasteiger partial charge in [0, 0.05) is 45.4 Å². The highest BCUT2D eigenvalue weighted by atomic mass is 19.1. The van der Waals surface area contributed by atoms with Crippen LogP contribution >= 0.6 is 0 Å². The summed E-state index contributed by atoms with van der Waals surface area (Å²) in [6.07, 6.45) is 0.281. The summed E-state index contributed by atoms with van der Waals surface area (Å²) in [5.74, 6) is -3.60. The normalized spacial score (nSPS) is 12.4. The van der Waals surface area contributed by atoms with Crippen LogP contribution in [0.2, 0.25) is 0 Å². The van der Waals surface area contributed by atoms with E-state index in [-0.39, 0.29) is 36.8 Å². The third kappa shape index (κ3) is 8.80. The molecule has 0 saturated carbocycles. The fourth-order valence-corrected chi connectivity index (χ4v) is 4.90. The van der Waals surface area contributed by atoms with Gasteiger partial charge in [-0.2, -0.15) is 0 Å². The highest BCUT2D eigenvalue weighted by Crippen LogP contribution is 2.36. The number of amides is 1. The van der Waals surface area contributed by atoms with E-state index in [1.165, 1.54) is 64.8 Å². The first-order chi connectivity index (χ1) is 21.0. The molecule has 1 aromatic heterocycles. The van der Waals surface area contributed by atoms with Gasteiger partial charge in [0.2, 0.25) is 5.75 Å². The topological polar surface area (TPSA) is 122 Å². The van der Waals surface area contributed by atoms with Crippen molar-refractivity contribution < 1.29 is 46.8 Å². The summed E-state index contributed by atoms with van der Waals surface area (Å²) in [7, 11) is 4.31. The molecular formula is C32H36F2N2O8. The minimum Gasteiger partial charge on any atom is -0.493 e. The van der Waals surface area contributed by atoms with Gasteiger partial charge in [0.05, 0.1) is 26.7 Å². The quantitative estimate of drug-likeness (QED) is 0.254. The van der Waals surface area contributed by atoms with Crippen molar-refractivity contribution in [2.45, 2.75) is 58.5 Å². The molecule has 0 aliphatic rings. The van der Waals surface area contributed by atoms with E-state index in [1.54, 1.807) is 26.0 Å². The Bertz CT molecular complexity index is 1430. The number of esters is 2. The molecule has 3 aromatic rings. The SMILES string of the molecule is COCc1cc(F)ccc1C(c1ccc(F)cc1COC)[C@H](C)OC(=O)C[C@H](C)NC(=O)c1nccc(OC)c1OC(C)=O. The number of carbonyl (C=O) groups is 3. The van der Waals surface area contributed by atoms with Crippen LogP contribution in [0.5, 0.6) is 11.5 Å². The Kier molecular flexibility index (Phi) is 12.3. The molecule has 236 valence electrons. The molecule has 0 saturated heterocycles. The van der Waals surface area contributed by atoms with Crippen LogP contribution in [0.4, 0.5) is 8.78 Å². The maximum Gasteiger partial charge on any atom is 0.308 e. The third-order valence-electron chi connectivity index (χ3n) is 6.67. The number of nitrogens with one attached hydrogen (secondary N) is 1. The molecular weight excluding hydrogens is 578 g/mol. The Balaban J connectivity index is 1.85. The summed E-state index contributed by atoms with van der Waals surface area (Å²) in [5, 5.41) is 2.66. The van der Waals surface area contributed by atoms with E-state index in [0.717, 1.165) is 0 Å². The van der Waals surface area contributed by atoms with Crippen molar-refractivity contribution in [3.05, 3.63) is 88.2 Å². The Hall–Kier alpha value is -4.42. The number of hydrogen-bond donors (Lipinski definition) is 1. The molecule has 0 fully saturated rings. The number of aromatic nitrogens is 1. The Morgan fingerprint density at radius 1 is 0.886 bits per heavy atom. The molecule has 12 heteroatoms. The highest BCUT2D eigenvalue weighted by molar-refractivity contribution is 5.97. The minimum atomic E-state index is -0.817. The molecule has 3 rings (SSSR count). The number of pyridine rings is 1. The van der Waals surface area contributed by atoms with Crippen molar-refractivity contribution in [3.8, 4) is 11.5 Å². The fraction of sp³-hybridized carbons (Fsp3) is 0.375. The summed E-state index contributed by atoms with van der Waals surface area (Å²) in [4.78, 5) is 41.7.